The van der Waals surface area contributed by atoms with Gasteiger partial charge in [-0.1, -0.05) is 0 Å². The lowest BCUT2D eigenvalue weighted by Gasteiger charge is -2.09. The van der Waals surface area contributed by atoms with Crippen molar-refractivity contribution in [2.24, 2.45) is 0 Å². The van der Waals surface area contributed by atoms with Gasteiger partial charge in [-0.15, -0.1) is 0 Å². The second kappa shape index (κ2) is 7.72. The number of nitrogens with one attached hydrogen (secondary N) is 2. The summed E-state index contributed by atoms with van der Waals surface area (Å²) in [6.45, 7) is 3.86. The topological polar surface area (TPSA) is 101 Å². The molecule has 1 rings (SSSR count). The Labute approximate surface area is 130 Å². The number of halogens is 1. The molecule has 0 aliphatic carbocycles. The lowest BCUT2D eigenvalue weighted by atomic mass is 10.2. The largest absolute Gasteiger partial charge is 0.354 e. The molecule has 0 heterocycles. The minimum Gasteiger partial charge on any atom is -0.354 e. The van der Waals surface area contributed by atoms with Crippen LogP contribution in [0.4, 0.5) is 5.69 Å². The summed E-state index contributed by atoms with van der Waals surface area (Å²) >= 11 is 3.05. The molecule has 2 N–H and O–H groups in total. The third-order valence-corrected chi connectivity index (χ3v) is 3.16. The third-order valence-electron chi connectivity index (χ3n) is 2.49. The minimum atomic E-state index is -0.572. The van der Waals surface area contributed by atoms with Crippen LogP contribution in [0, 0.1) is 10.1 Å². The molecule has 0 aliphatic heterocycles. The Morgan fingerprint density at radius 2 is 2.05 bits per heavy atom. The van der Waals surface area contributed by atoms with E-state index in [0.29, 0.717) is 4.47 Å². The number of hydrogen-bond acceptors (Lipinski definition) is 4. The van der Waals surface area contributed by atoms with Gasteiger partial charge in [0.15, 0.2) is 0 Å². The van der Waals surface area contributed by atoms with Gasteiger partial charge in [-0.2, -0.15) is 0 Å². The van der Waals surface area contributed by atoms with Crippen LogP contribution in [-0.4, -0.2) is 29.3 Å². The molecule has 0 radical (unpaired) electrons. The van der Waals surface area contributed by atoms with Gasteiger partial charge in [-0.25, -0.2) is 0 Å². The number of carbonyl (C=O) groups excluding carboxylic acids is 2. The molecule has 0 aromatic heterocycles. The zero-order valence-corrected chi connectivity index (χ0v) is 13.3. The van der Waals surface area contributed by atoms with Gasteiger partial charge >= 0.3 is 0 Å². The fraction of sp³-hybridized carbons (Fsp3) is 0.385. The highest BCUT2D eigenvalue weighted by Gasteiger charge is 2.16. The molecule has 0 spiro atoms. The van der Waals surface area contributed by atoms with E-state index in [-0.39, 0.29) is 36.2 Å². The Balaban J connectivity index is 2.58. The molecule has 0 atom stereocenters. The lowest BCUT2D eigenvalue weighted by molar-refractivity contribution is -0.385. The summed E-state index contributed by atoms with van der Waals surface area (Å²) in [6, 6.07) is 4.15. The van der Waals surface area contributed by atoms with Crippen LogP contribution in [0.2, 0.25) is 0 Å². The van der Waals surface area contributed by atoms with Crippen LogP contribution in [0.3, 0.4) is 0 Å². The van der Waals surface area contributed by atoms with Crippen LogP contribution in [0.1, 0.15) is 30.6 Å². The number of nitro benzene ring substituents is 1. The molecule has 0 saturated carbocycles. The molecule has 1 aromatic rings. The summed E-state index contributed by atoms with van der Waals surface area (Å²) in [6.07, 6.45) is 0.155. The quantitative estimate of drug-likeness (QED) is 0.600. The Kier molecular flexibility index (Phi) is 6.29. The fourth-order valence-electron chi connectivity index (χ4n) is 1.58. The summed E-state index contributed by atoms with van der Waals surface area (Å²) in [5.41, 5.74) is -0.00521. The maximum Gasteiger partial charge on any atom is 0.284 e. The smallest absolute Gasteiger partial charge is 0.284 e. The zero-order chi connectivity index (χ0) is 16.0. The Hall–Kier alpha value is -1.96. The molecule has 21 heavy (non-hydrogen) atoms. The Bertz CT molecular complexity index is 560. The van der Waals surface area contributed by atoms with Gasteiger partial charge in [0.25, 0.3) is 11.6 Å². The van der Waals surface area contributed by atoms with E-state index in [1.807, 2.05) is 13.8 Å². The number of amides is 2. The van der Waals surface area contributed by atoms with Crippen molar-refractivity contribution in [2.45, 2.75) is 26.3 Å². The number of rotatable bonds is 6. The monoisotopic (exact) mass is 357 g/mol. The van der Waals surface area contributed by atoms with Gasteiger partial charge in [-0.05, 0) is 41.9 Å². The van der Waals surface area contributed by atoms with E-state index < -0.39 is 10.8 Å². The zero-order valence-electron chi connectivity index (χ0n) is 11.7. The number of nitro groups is 1. The third kappa shape index (κ3) is 5.50. The van der Waals surface area contributed by atoms with E-state index >= 15 is 0 Å². The fourth-order valence-corrected chi connectivity index (χ4v) is 1.97. The van der Waals surface area contributed by atoms with E-state index in [9.17, 15) is 19.7 Å². The highest BCUT2D eigenvalue weighted by molar-refractivity contribution is 9.10. The van der Waals surface area contributed by atoms with Crippen LogP contribution >= 0.6 is 15.9 Å². The van der Waals surface area contributed by atoms with Crippen molar-refractivity contribution in [3.05, 3.63) is 38.3 Å². The minimum absolute atomic E-state index is 0.0438. The molecule has 1 aromatic carbocycles. The summed E-state index contributed by atoms with van der Waals surface area (Å²) < 4.78 is 0.306. The highest BCUT2D eigenvalue weighted by atomic mass is 79.9. The van der Waals surface area contributed by atoms with Crippen molar-refractivity contribution >= 4 is 33.4 Å². The van der Waals surface area contributed by atoms with Gasteiger partial charge in [0, 0.05) is 30.6 Å². The predicted octanol–water partition coefficient (Wildman–Crippen LogP) is 2.00. The Morgan fingerprint density at radius 1 is 1.38 bits per heavy atom. The second-order valence-electron chi connectivity index (χ2n) is 4.65. The van der Waals surface area contributed by atoms with Gasteiger partial charge in [0.1, 0.15) is 0 Å². The van der Waals surface area contributed by atoms with Crippen molar-refractivity contribution < 1.29 is 14.5 Å². The van der Waals surface area contributed by atoms with Crippen LogP contribution in [0.25, 0.3) is 0 Å². The highest BCUT2D eigenvalue weighted by Crippen LogP contribution is 2.25. The molecule has 0 unspecified atom stereocenters. The first-order valence-corrected chi connectivity index (χ1v) is 7.12. The van der Waals surface area contributed by atoms with Crippen molar-refractivity contribution in [3.63, 3.8) is 0 Å². The average molecular weight is 358 g/mol. The molecule has 2 amide bonds. The second-order valence-corrected chi connectivity index (χ2v) is 5.51. The van der Waals surface area contributed by atoms with Gasteiger partial charge in [-0.3, -0.25) is 19.7 Å². The van der Waals surface area contributed by atoms with E-state index in [1.54, 1.807) is 0 Å². The number of hydrogen-bond donors (Lipinski definition) is 2. The molecular formula is C13H16BrN3O4. The SMILES string of the molecule is CC(C)NC(=O)CCNC(=O)c1ccc(Br)c([N+](=O)[O-])c1. The van der Waals surface area contributed by atoms with E-state index in [2.05, 4.69) is 26.6 Å². The summed E-state index contributed by atoms with van der Waals surface area (Å²) in [5.74, 6) is -0.616. The first-order chi connectivity index (χ1) is 9.81. The lowest BCUT2D eigenvalue weighted by Crippen LogP contribution is -2.34. The number of nitrogens with zero attached hydrogens (tertiary/aromatic N) is 1. The average Bonchev–Trinajstić information content (AvgIpc) is 2.37. The van der Waals surface area contributed by atoms with Crippen LogP contribution < -0.4 is 10.6 Å². The standard InChI is InChI=1S/C13H16BrN3O4/c1-8(2)16-12(18)5-6-15-13(19)9-3-4-10(14)11(7-9)17(20)21/h3-4,7-8H,5-6H2,1-2H3,(H,15,19)(H,16,18). The molecule has 8 heteroatoms. The van der Waals surface area contributed by atoms with Crippen LogP contribution in [-0.2, 0) is 4.79 Å². The van der Waals surface area contributed by atoms with Crippen LogP contribution in [0.15, 0.2) is 22.7 Å². The van der Waals surface area contributed by atoms with E-state index in [1.165, 1.54) is 18.2 Å². The summed E-state index contributed by atoms with van der Waals surface area (Å²) in [4.78, 5) is 33.5. The Morgan fingerprint density at radius 3 is 2.62 bits per heavy atom. The first-order valence-electron chi connectivity index (χ1n) is 6.32. The van der Waals surface area contributed by atoms with E-state index in [0.717, 1.165) is 0 Å². The van der Waals surface area contributed by atoms with Gasteiger partial charge in [0.2, 0.25) is 5.91 Å². The van der Waals surface area contributed by atoms with Crippen molar-refractivity contribution in [3.8, 4) is 0 Å². The predicted molar refractivity (Wildman–Crippen MR) is 81.0 cm³/mol. The molecule has 0 fully saturated rings. The van der Waals surface area contributed by atoms with Crippen molar-refractivity contribution in [1.29, 1.82) is 0 Å². The summed E-state index contributed by atoms with van der Waals surface area (Å²) in [5, 5.41) is 16.0. The molecule has 7 nitrogen and oxygen atoms in total. The van der Waals surface area contributed by atoms with E-state index in [4.69, 9.17) is 0 Å². The molecule has 0 bridgehead atoms. The molecule has 0 aliphatic rings. The first kappa shape index (κ1) is 17.1. The maximum absolute atomic E-state index is 11.9. The molecule has 114 valence electrons. The van der Waals surface area contributed by atoms with Gasteiger partial charge in [0.05, 0.1) is 9.40 Å². The maximum atomic E-state index is 11.9. The van der Waals surface area contributed by atoms with Crippen LogP contribution in [0.5, 0.6) is 0 Å². The molecule has 0 saturated heterocycles. The summed E-state index contributed by atoms with van der Waals surface area (Å²) in [7, 11) is 0. The molecular weight excluding hydrogens is 342 g/mol. The normalized spacial score (nSPS) is 10.3. The van der Waals surface area contributed by atoms with Crippen molar-refractivity contribution in [1.82, 2.24) is 10.6 Å². The van der Waals surface area contributed by atoms with Gasteiger partial charge < -0.3 is 10.6 Å². The number of benzene rings is 1. The number of carbonyl (C=O) groups is 2. The van der Waals surface area contributed by atoms with Crippen molar-refractivity contribution in [2.75, 3.05) is 6.54 Å².